The van der Waals surface area contributed by atoms with Crippen molar-refractivity contribution in [2.45, 2.75) is 25.7 Å². The van der Waals surface area contributed by atoms with Crippen LogP contribution in [0.4, 0.5) is 5.69 Å². The number of nitrogens with one attached hydrogen (secondary N) is 1. The maximum absolute atomic E-state index is 6.18. The summed E-state index contributed by atoms with van der Waals surface area (Å²) in [5, 5.41) is 3.56. The molecule has 27 heavy (non-hydrogen) atoms. The molecule has 0 spiro atoms. The Bertz CT molecular complexity index is 726. The first-order valence-corrected chi connectivity index (χ1v) is 9.09. The van der Waals surface area contributed by atoms with E-state index >= 15 is 0 Å². The molecule has 1 saturated heterocycles. The molecule has 2 aliphatic heterocycles. The molecule has 4 rings (SSSR count). The number of fused-ring (bicyclic) bond motifs is 1. The van der Waals surface area contributed by atoms with Gasteiger partial charge in [-0.1, -0.05) is 31.2 Å². The molecule has 6 heteroatoms. The highest BCUT2D eigenvalue weighted by atomic mass is 35.5. The highest BCUT2D eigenvalue weighted by molar-refractivity contribution is 5.85. The fraction of sp³-hybridized carbons (Fsp3) is 0.429. The summed E-state index contributed by atoms with van der Waals surface area (Å²) in [7, 11) is 1.71. The first-order valence-electron chi connectivity index (χ1n) is 9.09. The van der Waals surface area contributed by atoms with Crippen molar-refractivity contribution in [2.24, 2.45) is 5.92 Å². The van der Waals surface area contributed by atoms with Crippen LogP contribution in [0, 0.1) is 5.92 Å². The lowest BCUT2D eigenvalue weighted by Crippen LogP contribution is -2.55. The minimum atomic E-state index is 0. The molecule has 3 unspecified atom stereocenters. The van der Waals surface area contributed by atoms with Crippen LogP contribution in [0.3, 0.4) is 0 Å². The second kappa shape index (κ2) is 9.65. The van der Waals surface area contributed by atoms with Gasteiger partial charge in [0.15, 0.2) is 0 Å². The predicted molar refractivity (Wildman–Crippen MR) is 115 cm³/mol. The van der Waals surface area contributed by atoms with Crippen molar-refractivity contribution < 1.29 is 9.47 Å². The van der Waals surface area contributed by atoms with Crippen molar-refractivity contribution in [1.82, 2.24) is 5.32 Å². The van der Waals surface area contributed by atoms with Crippen molar-refractivity contribution in [3.8, 4) is 5.75 Å². The minimum Gasteiger partial charge on any atom is -0.497 e. The van der Waals surface area contributed by atoms with Crippen molar-refractivity contribution >= 4 is 30.5 Å². The van der Waals surface area contributed by atoms with Gasteiger partial charge < -0.3 is 19.7 Å². The Morgan fingerprint density at radius 3 is 2.59 bits per heavy atom. The molecule has 1 N–H and O–H groups in total. The lowest BCUT2D eigenvalue weighted by atomic mass is 9.88. The zero-order chi connectivity index (χ0) is 17.2. The maximum atomic E-state index is 6.18. The average Bonchev–Trinajstić information content (AvgIpc) is 3.12. The van der Waals surface area contributed by atoms with E-state index in [2.05, 4.69) is 53.5 Å². The summed E-state index contributed by atoms with van der Waals surface area (Å²) in [6, 6.07) is 17.4. The summed E-state index contributed by atoms with van der Waals surface area (Å²) in [5.41, 5.74) is 3.94. The standard InChI is InChI=1S/C21H26N2O2.2ClH/c1-15(21-19-6-4-3-5-16(19)14-25-21)20-13-22-11-12-23(20)17-7-9-18(24-2)10-8-17;;/h3-10,15,20-22H,11-14H2,1-2H3;2*1H. The first kappa shape index (κ1) is 21.8. The van der Waals surface area contributed by atoms with Gasteiger partial charge in [-0.2, -0.15) is 0 Å². The van der Waals surface area contributed by atoms with E-state index in [1.807, 2.05) is 12.1 Å². The Morgan fingerprint density at radius 1 is 1.11 bits per heavy atom. The van der Waals surface area contributed by atoms with E-state index in [4.69, 9.17) is 9.47 Å². The summed E-state index contributed by atoms with van der Waals surface area (Å²) >= 11 is 0. The zero-order valence-electron chi connectivity index (χ0n) is 15.8. The zero-order valence-corrected chi connectivity index (χ0v) is 17.4. The van der Waals surface area contributed by atoms with Crippen LogP contribution in [0.15, 0.2) is 48.5 Å². The number of halogens is 2. The SMILES string of the molecule is COc1ccc(N2CCNCC2C(C)C2OCc3ccccc32)cc1.Cl.Cl. The van der Waals surface area contributed by atoms with Crippen molar-refractivity contribution in [2.75, 3.05) is 31.6 Å². The Hall–Kier alpha value is -1.46. The summed E-state index contributed by atoms with van der Waals surface area (Å²) < 4.78 is 11.5. The van der Waals surface area contributed by atoms with E-state index in [1.54, 1.807) is 7.11 Å². The summed E-state index contributed by atoms with van der Waals surface area (Å²) in [6.07, 6.45) is 0.168. The molecule has 0 amide bonds. The van der Waals surface area contributed by atoms with Crippen LogP contribution in [-0.2, 0) is 11.3 Å². The summed E-state index contributed by atoms with van der Waals surface area (Å²) in [4.78, 5) is 2.52. The van der Waals surface area contributed by atoms with E-state index in [1.165, 1.54) is 16.8 Å². The molecule has 0 radical (unpaired) electrons. The van der Waals surface area contributed by atoms with Gasteiger partial charge in [0.2, 0.25) is 0 Å². The summed E-state index contributed by atoms with van der Waals surface area (Å²) in [6.45, 7) is 6.05. The molecule has 148 valence electrons. The highest BCUT2D eigenvalue weighted by Gasteiger charge is 2.36. The number of methoxy groups -OCH3 is 1. The van der Waals surface area contributed by atoms with Gasteiger partial charge in [-0.15, -0.1) is 24.8 Å². The number of benzene rings is 2. The van der Waals surface area contributed by atoms with Crippen LogP contribution in [0.1, 0.15) is 24.2 Å². The predicted octanol–water partition coefficient (Wildman–Crippen LogP) is 4.22. The molecule has 1 fully saturated rings. The molecule has 2 aromatic rings. The number of hydrogen-bond donors (Lipinski definition) is 1. The third-order valence-electron chi connectivity index (χ3n) is 5.55. The van der Waals surface area contributed by atoms with Crippen LogP contribution in [0.5, 0.6) is 5.75 Å². The van der Waals surface area contributed by atoms with E-state index in [0.29, 0.717) is 12.0 Å². The molecular formula is C21H28Cl2N2O2. The number of nitrogens with zero attached hydrogens (tertiary/aromatic N) is 1. The van der Waals surface area contributed by atoms with Gasteiger partial charge in [0.1, 0.15) is 5.75 Å². The van der Waals surface area contributed by atoms with Crippen molar-refractivity contribution in [1.29, 1.82) is 0 Å². The Morgan fingerprint density at radius 2 is 1.85 bits per heavy atom. The second-order valence-corrected chi connectivity index (χ2v) is 6.95. The number of rotatable bonds is 4. The Balaban J connectivity index is 0.00000131. The van der Waals surface area contributed by atoms with Gasteiger partial charge in [0.05, 0.1) is 19.8 Å². The fourth-order valence-corrected chi connectivity index (χ4v) is 4.14. The molecule has 0 bridgehead atoms. The number of anilines is 1. The third-order valence-corrected chi connectivity index (χ3v) is 5.55. The fourth-order valence-electron chi connectivity index (χ4n) is 4.14. The van der Waals surface area contributed by atoms with Crippen LogP contribution < -0.4 is 15.0 Å². The van der Waals surface area contributed by atoms with Gasteiger partial charge >= 0.3 is 0 Å². The topological polar surface area (TPSA) is 33.7 Å². The highest BCUT2D eigenvalue weighted by Crippen LogP contribution is 2.39. The lowest BCUT2D eigenvalue weighted by Gasteiger charge is -2.43. The maximum Gasteiger partial charge on any atom is 0.119 e. The van der Waals surface area contributed by atoms with E-state index in [-0.39, 0.29) is 30.9 Å². The molecule has 2 aliphatic rings. The Labute approximate surface area is 174 Å². The minimum absolute atomic E-state index is 0. The lowest BCUT2D eigenvalue weighted by molar-refractivity contribution is 0.0183. The third kappa shape index (κ3) is 4.35. The van der Waals surface area contributed by atoms with Crippen molar-refractivity contribution in [3.05, 3.63) is 59.7 Å². The molecule has 0 aromatic heterocycles. The van der Waals surface area contributed by atoms with Crippen LogP contribution in [0.2, 0.25) is 0 Å². The number of piperazine rings is 1. The number of hydrogen-bond acceptors (Lipinski definition) is 4. The molecule has 0 saturated carbocycles. The van der Waals surface area contributed by atoms with E-state index < -0.39 is 0 Å². The van der Waals surface area contributed by atoms with Crippen LogP contribution >= 0.6 is 24.8 Å². The molecule has 3 atom stereocenters. The molecule has 0 aliphatic carbocycles. The molecule has 2 heterocycles. The van der Waals surface area contributed by atoms with Gasteiger partial charge in [0.25, 0.3) is 0 Å². The van der Waals surface area contributed by atoms with Gasteiger partial charge in [-0.25, -0.2) is 0 Å². The smallest absolute Gasteiger partial charge is 0.119 e. The normalized spacial score (nSPS) is 22.2. The van der Waals surface area contributed by atoms with Crippen LogP contribution in [0.25, 0.3) is 0 Å². The number of ether oxygens (including phenoxy) is 2. The second-order valence-electron chi connectivity index (χ2n) is 6.95. The average molecular weight is 411 g/mol. The Kier molecular flexibility index (Phi) is 7.80. The first-order chi connectivity index (χ1) is 12.3. The van der Waals surface area contributed by atoms with E-state index in [0.717, 1.165) is 32.0 Å². The van der Waals surface area contributed by atoms with Crippen molar-refractivity contribution in [3.63, 3.8) is 0 Å². The monoisotopic (exact) mass is 410 g/mol. The molecular weight excluding hydrogens is 383 g/mol. The van der Waals surface area contributed by atoms with E-state index in [9.17, 15) is 0 Å². The molecule has 2 aromatic carbocycles. The summed E-state index contributed by atoms with van der Waals surface area (Å²) in [5.74, 6) is 1.30. The quantitative estimate of drug-likeness (QED) is 0.817. The van der Waals surface area contributed by atoms with Gasteiger partial charge in [-0.3, -0.25) is 0 Å². The van der Waals surface area contributed by atoms with Gasteiger partial charge in [0, 0.05) is 37.3 Å². The largest absolute Gasteiger partial charge is 0.497 e. The van der Waals surface area contributed by atoms with Gasteiger partial charge in [-0.05, 0) is 35.4 Å². The molecule has 4 nitrogen and oxygen atoms in total. The van der Waals surface area contributed by atoms with Crippen LogP contribution in [-0.4, -0.2) is 32.8 Å².